The monoisotopic (exact) mass is 273 g/mol. The fourth-order valence-electron chi connectivity index (χ4n) is 2.32. The van der Waals surface area contributed by atoms with Crippen molar-refractivity contribution >= 4 is 41.4 Å². The summed E-state index contributed by atoms with van der Waals surface area (Å²) in [6.45, 7) is 2.12. The van der Waals surface area contributed by atoms with Gasteiger partial charge in [-0.15, -0.1) is 35.6 Å². The molecule has 0 aromatic rings. The topological polar surface area (TPSA) is 52.3 Å². The summed E-state index contributed by atoms with van der Waals surface area (Å²) in [4.78, 5) is 11.8. The molecule has 6 heteroatoms. The minimum atomic E-state index is -0.703. The molecule has 2 heterocycles. The average molecular weight is 275 g/mol. The van der Waals surface area contributed by atoms with Gasteiger partial charge in [0.25, 0.3) is 0 Å². The number of nitrogens with two attached hydrogens (primary N) is 1. The molecule has 2 aliphatic heterocycles. The van der Waals surface area contributed by atoms with Crippen molar-refractivity contribution in [2.45, 2.75) is 41.7 Å². The van der Waals surface area contributed by atoms with Crippen molar-refractivity contribution in [3.63, 3.8) is 0 Å². The number of halogens is 3. The van der Waals surface area contributed by atoms with E-state index in [0.29, 0.717) is 6.42 Å². The molecule has 2 aliphatic rings. The van der Waals surface area contributed by atoms with Crippen LogP contribution < -0.4 is 5.73 Å². The van der Waals surface area contributed by atoms with E-state index in [1.807, 2.05) is 6.92 Å². The number of rotatable bonds is 1. The Morgan fingerprint density at radius 2 is 2.07 bits per heavy atom. The van der Waals surface area contributed by atoms with E-state index in [9.17, 15) is 4.79 Å². The Bertz CT molecular complexity index is 289. The van der Waals surface area contributed by atoms with E-state index in [1.165, 1.54) is 0 Å². The van der Waals surface area contributed by atoms with Gasteiger partial charge in [0.2, 0.25) is 0 Å². The predicted octanol–water partition coefficient (Wildman–Crippen LogP) is 1.47. The fraction of sp³-hybridized carbons (Fsp3) is 0.889. The van der Waals surface area contributed by atoms with Crippen molar-refractivity contribution in [2.75, 3.05) is 6.54 Å². The van der Waals surface area contributed by atoms with Gasteiger partial charge in [-0.05, 0) is 19.8 Å². The minimum Gasteiger partial charge on any atom is -0.363 e. The summed E-state index contributed by atoms with van der Waals surface area (Å²) < 4.78 is 5.81. The normalized spacial score (nSPS) is 48.9. The second-order valence-corrected chi connectivity index (χ2v) is 5.18. The van der Waals surface area contributed by atoms with Crippen LogP contribution in [0, 0.1) is 0 Å². The van der Waals surface area contributed by atoms with E-state index < -0.39 is 22.0 Å². The standard InChI is InChI=1S/C9H13Cl2NO2.ClH/c1-8-2-3-9(4-12,14-8)7(11)5(13)6(8)10;/h6-7H,2-4,12H2,1H3;1H/t6-,7+,8-,9?;/m0./s1. The highest BCUT2D eigenvalue weighted by molar-refractivity contribution is 6.41. The number of fused-ring (bicyclic) bond motifs is 2. The van der Waals surface area contributed by atoms with Gasteiger partial charge in [-0.3, -0.25) is 4.79 Å². The first-order valence-corrected chi connectivity index (χ1v) is 5.55. The number of carbonyl (C=O) groups excluding carboxylic acids is 1. The third-order valence-electron chi connectivity index (χ3n) is 3.32. The van der Waals surface area contributed by atoms with Crippen molar-refractivity contribution in [1.82, 2.24) is 0 Å². The Morgan fingerprint density at radius 1 is 1.47 bits per heavy atom. The molecular weight excluding hydrogens is 260 g/mol. The van der Waals surface area contributed by atoms with Gasteiger partial charge in [0, 0.05) is 6.54 Å². The predicted molar refractivity (Wildman–Crippen MR) is 62.0 cm³/mol. The van der Waals surface area contributed by atoms with Crippen LogP contribution in [-0.2, 0) is 9.53 Å². The van der Waals surface area contributed by atoms with Crippen LogP contribution in [-0.4, -0.2) is 34.3 Å². The maximum Gasteiger partial charge on any atom is 0.174 e. The SMILES string of the molecule is C[C@@]12CCC(CN)(O1)[C@H](Cl)C(=O)[C@@H]2Cl.Cl. The molecule has 1 unspecified atom stereocenters. The molecule has 0 spiro atoms. The molecule has 0 aromatic heterocycles. The number of hydrogen-bond donors (Lipinski definition) is 1. The summed E-state index contributed by atoms with van der Waals surface area (Å²) in [5.74, 6) is -0.148. The number of hydrogen-bond acceptors (Lipinski definition) is 3. The molecule has 2 N–H and O–H groups in total. The van der Waals surface area contributed by atoms with Crippen LogP contribution in [0.2, 0.25) is 0 Å². The highest BCUT2D eigenvalue weighted by atomic mass is 35.5. The second kappa shape index (κ2) is 4.04. The Hall–Kier alpha value is 0.460. The second-order valence-electron chi connectivity index (χ2n) is 4.31. The summed E-state index contributed by atoms with van der Waals surface area (Å²) in [6.07, 6.45) is 1.45. The summed E-state index contributed by atoms with van der Waals surface area (Å²) in [5.41, 5.74) is 4.37. The number of carbonyl (C=O) groups is 1. The average Bonchev–Trinajstić information content (AvgIpc) is 2.52. The van der Waals surface area contributed by atoms with Crippen LogP contribution in [0.5, 0.6) is 0 Å². The first-order chi connectivity index (χ1) is 6.45. The molecule has 88 valence electrons. The molecule has 2 saturated heterocycles. The zero-order chi connectivity index (χ0) is 10.6. The highest BCUT2D eigenvalue weighted by Crippen LogP contribution is 2.49. The van der Waals surface area contributed by atoms with Crippen LogP contribution in [0.15, 0.2) is 0 Å². The lowest BCUT2D eigenvalue weighted by Crippen LogP contribution is -2.60. The molecule has 0 saturated carbocycles. The van der Waals surface area contributed by atoms with Gasteiger partial charge in [0.1, 0.15) is 16.4 Å². The molecule has 4 atom stereocenters. The Morgan fingerprint density at radius 3 is 2.60 bits per heavy atom. The Balaban J connectivity index is 0.00000112. The smallest absolute Gasteiger partial charge is 0.174 e. The Labute approximate surface area is 105 Å². The van der Waals surface area contributed by atoms with Gasteiger partial charge in [-0.2, -0.15) is 0 Å². The molecule has 0 radical (unpaired) electrons. The lowest BCUT2D eigenvalue weighted by molar-refractivity contribution is -0.151. The van der Waals surface area contributed by atoms with Gasteiger partial charge >= 0.3 is 0 Å². The van der Waals surface area contributed by atoms with Gasteiger partial charge in [0.05, 0.1) is 5.60 Å². The number of ketones is 1. The first kappa shape index (κ1) is 13.5. The lowest BCUT2D eigenvalue weighted by atomic mass is 9.91. The molecule has 3 nitrogen and oxygen atoms in total. The lowest BCUT2D eigenvalue weighted by Gasteiger charge is -2.42. The summed E-state index contributed by atoms with van der Waals surface area (Å²) in [5, 5.41) is -1.35. The Kier molecular flexibility index (Phi) is 3.64. The fourth-order valence-corrected chi connectivity index (χ4v) is 3.03. The zero-order valence-corrected chi connectivity index (χ0v) is 10.7. The molecule has 0 aromatic carbocycles. The van der Waals surface area contributed by atoms with Gasteiger partial charge in [-0.1, -0.05) is 0 Å². The number of Topliss-reactive ketones (excluding diaryl/α,β-unsaturated/α-hetero) is 1. The zero-order valence-electron chi connectivity index (χ0n) is 8.33. The molecule has 0 amide bonds. The largest absolute Gasteiger partial charge is 0.363 e. The maximum absolute atomic E-state index is 11.8. The molecule has 2 fully saturated rings. The summed E-state index contributed by atoms with van der Waals surface area (Å²) in [7, 11) is 0. The van der Waals surface area contributed by atoms with E-state index in [-0.39, 0.29) is 24.7 Å². The third kappa shape index (κ3) is 1.69. The van der Waals surface area contributed by atoms with Crippen LogP contribution >= 0.6 is 35.6 Å². The number of ether oxygens (including phenoxy) is 1. The van der Waals surface area contributed by atoms with E-state index >= 15 is 0 Å². The van der Waals surface area contributed by atoms with Gasteiger partial charge in [0.15, 0.2) is 5.78 Å². The van der Waals surface area contributed by atoms with E-state index in [1.54, 1.807) is 0 Å². The van der Waals surface area contributed by atoms with E-state index in [4.69, 9.17) is 33.7 Å². The van der Waals surface area contributed by atoms with Gasteiger partial charge < -0.3 is 10.5 Å². The van der Waals surface area contributed by atoms with Crippen LogP contribution in [0.1, 0.15) is 19.8 Å². The highest BCUT2D eigenvalue weighted by Gasteiger charge is 2.62. The van der Waals surface area contributed by atoms with Gasteiger partial charge in [-0.25, -0.2) is 0 Å². The summed E-state index contributed by atoms with van der Waals surface area (Å²) >= 11 is 12.0. The van der Waals surface area contributed by atoms with Crippen molar-refractivity contribution in [3.05, 3.63) is 0 Å². The van der Waals surface area contributed by atoms with E-state index in [0.717, 1.165) is 6.42 Å². The molecule has 2 rings (SSSR count). The maximum atomic E-state index is 11.8. The van der Waals surface area contributed by atoms with Crippen molar-refractivity contribution < 1.29 is 9.53 Å². The number of alkyl halides is 2. The minimum absolute atomic E-state index is 0. The van der Waals surface area contributed by atoms with Crippen LogP contribution in [0.3, 0.4) is 0 Å². The molecular formula is C9H14Cl3NO2. The first-order valence-electron chi connectivity index (χ1n) is 4.67. The van der Waals surface area contributed by atoms with E-state index in [2.05, 4.69) is 0 Å². The third-order valence-corrected chi connectivity index (χ3v) is 4.61. The quantitative estimate of drug-likeness (QED) is 0.737. The summed E-state index contributed by atoms with van der Waals surface area (Å²) in [6, 6.07) is 0. The van der Waals surface area contributed by atoms with Crippen LogP contribution in [0.4, 0.5) is 0 Å². The molecule has 15 heavy (non-hydrogen) atoms. The van der Waals surface area contributed by atoms with Crippen molar-refractivity contribution in [2.24, 2.45) is 5.73 Å². The van der Waals surface area contributed by atoms with Crippen molar-refractivity contribution in [3.8, 4) is 0 Å². The van der Waals surface area contributed by atoms with Crippen LogP contribution in [0.25, 0.3) is 0 Å². The molecule has 2 bridgehead atoms. The molecule has 0 aliphatic carbocycles. The van der Waals surface area contributed by atoms with Crippen molar-refractivity contribution in [1.29, 1.82) is 0 Å².